The van der Waals surface area contributed by atoms with E-state index in [0.717, 1.165) is 0 Å². The third kappa shape index (κ3) is 13.2. The Balaban J connectivity index is 5.42. The second-order valence-corrected chi connectivity index (χ2v) is 8.02. The molecule has 0 aromatic rings. The molecule has 0 aromatic carbocycles. The fourth-order valence-corrected chi connectivity index (χ4v) is 2.91. The average Bonchev–Trinajstić information content (AvgIpc) is 2.76. The highest BCUT2D eigenvalue weighted by Crippen LogP contribution is 2.05. The third-order valence-electron chi connectivity index (χ3n) is 4.94. The molecular formula is C20H36N6O9. The minimum Gasteiger partial charge on any atom is -0.481 e. The summed E-state index contributed by atoms with van der Waals surface area (Å²) < 4.78 is 0. The van der Waals surface area contributed by atoms with Gasteiger partial charge in [-0.15, -0.1) is 0 Å². The summed E-state index contributed by atoms with van der Waals surface area (Å²) in [4.78, 5) is 71.0. The maximum absolute atomic E-state index is 12.8. The number of carboxylic acids is 2. The summed E-state index contributed by atoms with van der Waals surface area (Å²) in [6.07, 6.45) is -1.64. The largest absolute Gasteiger partial charge is 0.481 e. The topological polar surface area (TPSA) is 277 Å². The molecule has 0 aromatic heterocycles. The molecule has 12 N–H and O–H groups in total. The number of unbranched alkanes of at least 4 members (excludes halogenated alkanes) is 1. The van der Waals surface area contributed by atoms with Crippen molar-refractivity contribution in [3.05, 3.63) is 0 Å². The first-order valence-corrected chi connectivity index (χ1v) is 11.1. The zero-order valence-corrected chi connectivity index (χ0v) is 19.6. The molecule has 0 aliphatic carbocycles. The summed E-state index contributed by atoms with van der Waals surface area (Å²) in [6, 6.07) is -5.55. The molecule has 200 valence electrons. The van der Waals surface area contributed by atoms with Gasteiger partial charge in [0.25, 0.3) is 0 Å². The molecule has 0 saturated heterocycles. The van der Waals surface area contributed by atoms with Gasteiger partial charge in [0.2, 0.25) is 23.6 Å². The van der Waals surface area contributed by atoms with E-state index in [4.69, 9.17) is 22.3 Å². The Kier molecular flexibility index (Phi) is 14.8. The molecule has 0 bridgehead atoms. The van der Waals surface area contributed by atoms with E-state index in [1.807, 2.05) is 0 Å². The SMILES string of the molecule is CC(O)C(NC(=O)C(CCC(N)=O)NC(=O)C(N)CCC(=O)O)C(=O)NC(CCCCN)C(=O)O. The van der Waals surface area contributed by atoms with E-state index in [9.17, 15) is 39.0 Å². The summed E-state index contributed by atoms with van der Waals surface area (Å²) in [5, 5.41) is 34.8. The maximum atomic E-state index is 12.8. The molecule has 0 heterocycles. The zero-order valence-electron chi connectivity index (χ0n) is 19.6. The Labute approximate surface area is 202 Å². The van der Waals surface area contributed by atoms with Crippen LogP contribution >= 0.6 is 0 Å². The van der Waals surface area contributed by atoms with E-state index in [0.29, 0.717) is 19.4 Å². The normalized spacial score (nSPS) is 15.1. The average molecular weight is 505 g/mol. The quantitative estimate of drug-likeness (QED) is 0.0825. The van der Waals surface area contributed by atoms with Crippen LogP contribution in [-0.2, 0) is 28.8 Å². The van der Waals surface area contributed by atoms with E-state index in [2.05, 4.69) is 16.0 Å². The second-order valence-electron chi connectivity index (χ2n) is 8.02. The van der Waals surface area contributed by atoms with Crippen molar-refractivity contribution < 1.29 is 44.1 Å². The molecule has 35 heavy (non-hydrogen) atoms. The molecule has 15 heteroatoms. The standard InChI is InChI=1S/C20H36N6O9/c1-10(27)16(19(33)25-13(20(34)35)4-2-3-9-21)26-18(32)12(6-7-14(23)28)24-17(31)11(22)5-8-15(29)30/h10-13,16,27H,2-9,21-22H2,1H3,(H2,23,28)(H,24,31)(H,25,33)(H,26,32)(H,29,30)(H,34,35). The molecule has 0 aliphatic rings. The van der Waals surface area contributed by atoms with Crippen LogP contribution in [-0.4, -0.2) is 87.7 Å². The fraction of sp³-hybridized carbons (Fsp3) is 0.700. The first-order chi connectivity index (χ1) is 16.3. The van der Waals surface area contributed by atoms with Gasteiger partial charge in [-0.2, -0.15) is 0 Å². The highest BCUT2D eigenvalue weighted by atomic mass is 16.4. The van der Waals surface area contributed by atoms with Gasteiger partial charge in [0.15, 0.2) is 0 Å². The van der Waals surface area contributed by atoms with Crippen molar-refractivity contribution in [2.24, 2.45) is 17.2 Å². The van der Waals surface area contributed by atoms with Crippen molar-refractivity contribution in [3.63, 3.8) is 0 Å². The van der Waals surface area contributed by atoms with Crippen LogP contribution in [0.25, 0.3) is 0 Å². The number of aliphatic hydroxyl groups excluding tert-OH is 1. The number of carbonyl (C=O) groups excluding carboxylic acids is 4. The van der Waals surface area contributed by atoms with Gasteiger partial charge in [0, 0.05) is 12.8 Å². The van der Waals surface area contributed by atoms with E-state index in [1.165, 1.54) is 6.92 Å². The fourth-order valence-electron chi connectivity index (χ4n) is 2.91. The van der Waals surface area contributed by atoms with Crippen LogP contribution in [0.1, 0.15) is 51.9 Å². The summed E-state index contributed by atoms with van der Waals surface area (Å²) in [5.74, 6) is -6.09. The van der Waals surface area contributed by atoms with Gasteiger partial charge in [-0.25, -0.2) is 4.79 Å². The lowest BCUT2D eigenvalue weighted by molar-refractivity contribution is -0.143. The maximum Gasteiger partial charge on any atom is 0.326 e. The minimum atomic E-state index is -1.59. The van der Waals surface area contributed by atoms with Gasteiger partial charge in [-0.05, 0) is 45.6 Å². The number of aliphatic carboxylic acids is 2. The molecular weight excluding hydrogens is 468 g/mol. The summed E-state index contributed by atoms with van der Waals surface area (Å²) >= 11 is 0. The van der Waals surface area contributed by atoms with Gasteiger partial charge < -0.3 is 48.5 Å². The number of rotatable bonds is 18. The van der Waals surface area contributed by atoms with Crippen LogP contribution in [0.5, 0.6) is 0 Å². The molecule has 0 rings (SSSR count). The molecule has 5 atom stereocenters. The van der Waals surface area contributed by atoms with Crippen molar-refractivity contribution in [1.82, 2.24) is 16.0 Å². The van der Waals surface area contributed by atoms with Crippen molar-refractivity contribution in [2.45, 2.75) is 82.1 Å². The van der Waals surface area contributed by atoms with Gasteiger partial charge in [-0.3, -0.25) is 24.0 Å². The molecule has 15 nitrogen and oxygen atoms in total. The van der Waals surface area contributed by atoms with Crippen LogP contribution in [0.2, 0.25) is 0 Å². The molecule has 0 saturated carbocycles. The number of amides is 4. The Bertz CT molecular complexity index is 761. The number of hydrogen-bond acceptors (Lipinski definition) is 9. The van der Waals surface area contributed by atoms with Crippen LogP contribution in [0.3, 0.4) is 0 Å². The van der Waals surface area contributed by atoms with E-state index < -0.39 is 72.3 Å². The van der Waals surface area contributed by atoms with Gasteiger partial charge in [-0.1, -0.05) is 0 Å². The number of aliphatic hydroxyl groups is 1. The zero-order chi connectivity index (χ0) is 27.1. The number of nitrogens with two attached hydrogens (primary N) is 3. The smallest absolute Gasteiger partial charge is 0.326 e. The Morgan fingerprint density at radius 3 is 1.89 bits per heavy atom. The van der Waals surface area contributed by atoms with E-state index in [1.54, 1.807) is 0 Å². The number of nitrogens with one attached hydrogen (secondary N) is 3. The lowest BCUT2D eigenvalue weighted by atomic mass is 10.1. The summed E-state index contributed by atoms with van der Waals surface area (Å²) in [7, 11) is 0. The van der Waals surface area contributed by atoms with E-state index >= 15 is 0 Å². The van der Waals surface area contributed by atoms with Gasteiger partial charge in [0.05, 0.1) is 12.1 Å². The molecule has 0 aliphatic heterocycles. The molecule has 0 radical (unpaired) electrons. The van der Waals surface area contributed by atoms with Crippen LogP contribution in [0.4, 0.5) is 0 Å². The lowest BCUT2D eigenvalue weighted by Gasteiger charge is -2.26. The molecule has 4 amide bonds. The highest BCUT2D eigenvalue weighted by Gasteiger charge is 2.32. The lowest BCUT2D eigenvalue weighted by Crippen LogP contribution is -2.59. The Hall–Kier alpha value is -3.30. The summed E-state index contributed by atoms with van der Waals surface area (Å²) in [6.45, 7) is 1.53. The predicted molar refractivity (Wildman–Crippen MR) is 121 cm³/mol. The van der Waals surface area contributed by atoms with Gasteiger partial charge >= 0.3 is 11.9 Å². The third-order valence-corrected chi connectivity index (χ3v) is 4.94. The first-order valence-electron chi connectivity index (χ1n) is 11.1. The van der Waals surface area contributed by atoms with Crippen molar-refractivity contribution in [2.75, 3.05) is 6.54 Å². The van der Waals surface area contributed by atoms with Crippen molar-refractivity contribution in [1.29, 1.82) is 0 Å². The number of carboxylic acid groups (broad SMARTS) is 2. The van der Waals surface area contributed by atoms with Crippen molar-refractivity contribution in [3.8, 4) is 0 Å². The molecule has 0 fully saturated rings. The second kappa shape index (κ2) is 16.3. The number of primary amides is 1. The first kappa shape index (κ1) is 31.7. The molecule has 0 spiro atoms. The van der Waals surface area contributed by atoms with Crippen LogP contribution in [0, 0.1) is 0 Å². The predicted octanol–water partition coefficient (Wildman–Crippen LogP) is -3.51. The minimum absolute atomic E-state index is 0.0737. The monoisotopic (exact) mass is 504 g/mol. The number of carbonyl (C=O) groups is 6. The Morgan fingerprint density at radius 2 is 1.40 bits per heavy atom. The van der Waals surface area contributed by atoms with Crippen molar-refractivity contribution >= 4 is 35.6 Å². The van der Waals surface area contributed by atoms with Crippen LogP contribution in [0.15, 0.2) is 0 Å². The van der Waals surface area contributed by atoms with Gasteiger partial charge in [0.1, 0.15) is 18.1 Å². The Morgan fingerprint density at radius 1 is 0.800 bits per heavy atom. The summed E-state index contributed by atoms with van der Waals surface area (Å²) in [5.41, 5.74) is 16.1. The highest BCUT2D eigenvalue weighted by molar-refractivity contribution is 5.94. The molecule has 5 unspecified atom stereocenters. The number of hydrogen-bond donors (Lipinski definition) is 9. The van der Waals surface area contributed by atoms with E-state index in [-0.39, 0.29) is 25.7 Å². The van der Waals surface area contributed by atoms with Crippen LogP contribution < -0.4 is 33.2 Å².